The van der Waals surface area contributed by atoms with Crippen LogP contribution in [0.15, 0.2) is 54.0 Å². The molecule has 2 aromatic rings. The number of aromatic nitrogens is 1. The lowest BCUT2D eigenvalue weighted by Crippen LogP contribution is -2.44. The molecular formula is C18H14Cl2N4O2. The molecule has 3 amide bonds. The van der Waals surface area contributed by atoms with E-state index in [4.69, 9.17) is 23.2 Å². The number of nitrogens with one attached hydrogen (secondary N) is 2. The third kappa shape index (κ3) is 3.02. The summed E-state index contributed by atoms with van der Waals surface area (Å²) < 4.78 is 0. The van der Waals surface area contributed by atoms with Gasteiger partial charge in [0.15, 0.2) is 0 Å². The molecule has 0 fully saturated rings. The molecule has 2 aliphatic rings. The highest BCUT2D eigenvalue weighted by Gasteiger charge is 2.40. The quantitative estimate of drug-likeness (QED) is 0.848. The first-order chi connectivity index (χ1) is 12.5. The number of amides is 3. The van der Waals surface area contributed by atoms with Crippen LogP contribution in [0.1, 0.15) is 17.2 Å². The lowest BCUT2D eigenvalue weighted by Gasteiger charge is -2.25. The molecule has 26 heavy (non-hydrogen) atoms. The van der Waals surface area contributed by atoms with E-state index in [-0.39, 0.29) is 11.9 Å². The molecule has 2 N–H and O–H groups in total. The van der Waals surface area contributed by atoms with Gasteiger partial charge in [-0.2, -0.15) is 0 Å². The second kappa shape index (κ2) is 6.63. The van der Waals surface area contributed by atoms with Crippen LogP contribution in [0.2, 0.25) is 10.0 Å². The summed E-state index contributed by atoms with van der Waals surface area (Å²) >= 11 is 12.1. The topological polar surface area (TPSA) is 74.3 Å². The number of carbonyl (C=O) groups excluding carboxylic acids is 2. The first kappa shape index (κ1) is 16.9. The number of pyridine rings is 1. The highest BCUT2D eigenvalue weighted by molar-refractivity contribution is 6.42. The molecule has 0 radical (unpaired) electrons. The molecule has 4 rings (SSSR count). The van der Waals surface area contributed by atoms with Gasteiger partial charge in [0.1, 0.15) is 0 Å². The van der Waals surface area contributed by atoms with E-state index >= 15 is 0 Å². The molecular weight excluding hydrogens is 375 g/mol. The third-order valence-corrected chi connectivity index (χ3v) is 5.13. The first-order valence-electron chi connectivity index (χ1n) is 7.96. The van der Waals surface area contributed by atoms with Gasteiger partial charge in [-0.15, -0.1) is 0 Å². The fourth-order valence-electron chi connectivity index (χ4n) is 3.21. The number of nitrogens with zero attached hydrogens (tertiary/aromatic N) is 2. The van der Waals surface area contributed by atoms with Gasteiger partial charge < -0.3 is 15.5 Å². The van der Waals surface area contributed by atoms with Crippen molar-refractivity contribution in [3.05, 3.63) is 75.2 Å². The first-order valence-corrected chi connectivity index (χ1v) is 8.72. The molecule has 132 valence electrons. The molecule has 8 heteroatoms. The van der Waals surface area contributed by atoms with Gasteiger partial charge in [0, 0.05) is 18.9 Å². The average molecular weight is 389 g/mol. The molecule has 1 atom stereocenters. The van der Waals surface area contributed by atoms with Crippen LogP contribution in [-0.2, 0) is 11.3 Å². The summed E-state index contributed by atoms with van der Waals surface area (Å²) in [6.07, 6.45) is 3.40. The van der Waals surface area contributed by atoms with Gasteiger partial charge in [0.2, 0.25) is 0 Å². The predicted octanol–water partition coefficient (Wildman–Crippen LogP) is 3.04. The summed E-state index contributed by atoms with van der Waals surface area (Å²) in [4.78, 5) is 30.8. The highest BCUT2D eigenvalue weighted by Crippen LogP contribution is 2.35. The fraction of sp³-hybridized carbons (Fsp3) is 0.167. The Balaban J connectivity index is 1.65. The number of hydrogen-bond acceptors (Lipinski definition) is 3. The monoisotopic (exact) mass is 388 g/mol. The van der Waals surface area contributed by atoms with Gasteiger partial charge >= 0.3 is 6.03 Å². The minimum atomic E-state index is -0.570. The van der Waals surface area contributed by atoms with Gasteiger partial charge in [0.05, 0.1) is 33.9 Å². The number of carbonyl (C=O) groups is 2. The van der Waals surface area contributed by atoms with E-state index in [0.717, 1.165) is 5.56 Å². The van der Waals surface area contributed by atoms with E-state index in [9.17, 15) is 9.59 Å². The second-order valence-electron chi connectivity index (χ2n) is 6.12. The Labute approximate surface area is 159 Å². The van der Waals surface area contributed by atoms with Gasteiger partial charge in [0.25, 0.3) is 5.91 Å². The largest absolute Gasteiger partial charge is 0.329 e. The molecule has 0 bridgehead atoms. The van der Waals surface area contributed by atoms with Crippen molar-refractivity contribution in [3.8, 4) is 0 Å². The van der Waals surface area contributed by atoms with Gasteiger partial charge in [-0.3, -0.25) is 9.78 Å². The molecule has 0 saturated heterocycles. The van der Waals surface area contributed by atoms with Crippen molar-refractivity contribution in [2.45, 2.75) is 12.6 Å². The van der Waals surface area contributed by atoms with E-state index in [1.807, 2.05) is 12.1 Å². The zero-order valence-corrected chi connectivity index (χ0v) is 15.0. The highest BCUT2D eigenvalue weighted by atomic mass is 35.5. The van der Waals surface area contributed by atoms with Crippen LogP contribution in [0.5, 0.6) is 0 Å². The van der Waals surface area contributed by atoms with Gasteiger partial charge in [-0.1, -0.05) is 35.3 Å². The zero-order chi connectivity index (χ0) is 18.3. The maximum absolute atomic E-state index is 13.0. The standard InChI is InChI=1S/C18H14Cl2N4O2/c19-12-4-3-11(6-13(12)20)16-15-14(22-18(26)23-16)9-24(17(15)25)8-10-2-1-5-21-7-10/h1-7,16H,8-9H2,(H2,22,23,26). The van der Waals surface area contributed by atoms with Crippen molar-refractivity contribution in [1.82, 2.24) is 20.5 Å². The Hall–Kier alpha value is -2.57. The van der Waals surface area contributed by atoms with Crippen LogP contribution >= 0.6 is 23.2 Å². The van der Waals surface area contributed by atoms with E-state index < -0.39 is 6.04 Å². The molecule has 1 aromatic carbocycles. The normalized spacial score (nSPS) is 19.3. The summed E-state index contributed by atoms with van der Waals surface area (Å²) in [6, 6.07) is 7.89. The molecule has 3 heterocycles. The SMILES string of the molecule is O=C1NC2=C(C(=O)N(Cc3cccnc3)C2)C(c2ccc(Cl)c(Cl)c2)N1. The summed E-state index contributed by atoms with van der Waals surface area (Å²) in [5.74, 6) is -0.132. The van der Waals surface area contributed by atoms with Crippen molar-refractivity contribution < 1.29 is 9.59 Å². The molecule has 0 saturated carbocycles. The van der Waals surface area contributed by atoms with Crippen LogP contribution in [-0.4, -0.2) is 28.4 Å². The molecule has 6 nitrogen and oxygen atoms in total. The minimum absolute atomic E-state index is 0.132. The van der Waals surface area contributed by atoms with E-state index in [0.29, 0.717) is 40.0 Å². The molecule has 1 unspecified atom stereocenters. The van der Waals surface area contributed by atoms with Crippen molar-refractivity contribution in [2.24, 2.45) is 0 Å². The van der Waals surface area contributed by atoms with E-state index in [1.54, 1.807) is 35.5 Å². The summed E-state index contributed by atoms with van der Waals surface area (Å²) in [5.41, 5.74) is 2.76. The van der Waals surface area contributed by atoms with Gasteiger partial charge in [-0.05, 0) is 29.3 Å². The Morgan fingerprint density at radius 1 is 1.19 bits per heavy atom. The maximum Gasteiger partial charge on any atom is 0.319 e. The Morgan fingerprint density at radius 2 is 2.04 bits per heavy atom. The molecule has 0 aliphatic carbocycles. The van der Waals surface area contributed by atoms with Crippen molar-refractivity contribution in [2.75, 3.05) is 6.54 Å². The summed E-state index contributed by atoms with van der Waals surface area (Å²) in [7, 11) is 0. The fourth-order valence-corrected chi connectivity index (χ4v) is 3.52. The Kier molecular flexibility index (Phi) is 4.30. The Bertz CT molecular complexity index is 930. The number of urea groups is 1. The predicted molar refractivity (Wildman–Crippen MR) is 97.6 cm³/mol. The Morgan fingerprint density at radius 3 is 2.77 bits per heavy atom. The zero-order valence-electron chi connectivity index (χ0n) is 13.5. The van der Waals surface area contributed by atoms with Crippen molar-refractivity contribution in [1.29, 1.82) is 0 Å². The van der Waals surface area contributed by atoms with Crippen LogP contribution < -0.4 is 10.6 Å². The molecule has 1 aromatic heterocycles. The number of halogens is 2. The van der Waals surface area contributed by atoms with Crippen LogP contribution in [0.3, 0.4) is 0 Å². The van der Waals surface area contributed by atoms with Crippen LogP contribution in [0, 0.1) is 0 Å². The number of rotatable bonds is 3. The number of benzene rings is 1. The average Bonchev–Trinajstić information content (AvgIpc) is 2.93. The maximum atomic E-state index is 13.0. The van der Waals surface area contributed by atoms with Crippen LogP contribution in [0.4, 0.5) is 4.79 Å². The lowest BCUT2D eigenvalue weighted by atomic mass is 9.96. The van der Waals surface area contributed by atoms with E-state index in [2.05, 4.69) is 15.6 Å². The van der Waals surface area contributed by atoms with Crippen molar-refractivity contribution >= 4 is 35.1 Å². The summed E-state index contributed by atoms with van der Waals surface area (Å²) in [6.45, 7) is 0.762. The van der Waals surface area contributed by atoms with E-state index in [1.165, 1.54) is 0 Å². The summed E-state index contributed by atoms with van der Waals surface area (Å²) in [5, 5.41) is 6.33. The smallest absolute Gasteiger partial charge is 0.319 e. The minimum Gasteiger partial charge on any atom is -0.329 e. The number of hydrogen-bond donors (Lipinski definition) is 2. The van der Waals surface area contributed by atoms with Gasteiger partial charge in [-0.25, -0.2) is 4.79 Å². The second-order valence-corrected chi connectivity index (χ2v) is 6.93. The third-order valence-electron chi connectivity index (χ3n) is 4.39. The van der Waals surface area contributed by atoms with Crippen LogP contribution in [0.25, 0.3) is 0 Å². The molecule has 2 aliphatic heterocycles. The molecule has 0 spiro atoms. The van der Waals surface area contributed by atoms with Crippen molar-refractivity contribution in [3.63, 3.8) is 0 Å². The lowest BCUT2D eigenvalue weighted by molar-refractivity contribution is -0.126.